The van der Waals surface area contributed by atoms with Gasteiger partial charge in [-0.2, -0.15) is 13.2 Å². The molecule has 0 aliphatic rings. The van der Waals surface area contributed by atoms with Crippen LogP contribution in [0.3, 0.4) is 0 Å². The third-order valence-electron chi connectivity index (χ3n) is 4.01. The molecule has 1 aromatic rings. The van der Waals surface area contributed by atoms with E-state index in [4.69, 9.17) is 0 Å². The quantitative estimate of drug-likeness (QED) is 0.818. The molecule has 0 bridgehead atoms. The molecule has 0 fully saturated rings. The molecule has 2 unspecified atom stereocenters. The Morgan fingerprint density at radius 1 is 1.15 bits per heavy atom. The molecule has 0 saturated carbocycles. The Bertz CT molecular complexity index is 458. The molecule has 1 nitrogen and oxygen atoms in total. The first-order valence-electron chi connectivity index (χ1n) is 6.78. The van der Waals surface area contributed by atoms with Crippen LogP contribution in [0.5, 0.6) is 0 Å². The fourth-order valence-corrected chi connectivity index (χ4v) is 2.04. The number of hydrogen-bond donors (Lipinski definition) is 1. The minimum atomic E-state index is -4.34. The largest absolute Gasteiger partial charge is 0.416 e. The van der Waals surface area contributed by atoms with Gasteiger partial charge in [-0.25, -0.2) is 0 Å². The number of hydrogen-bond acceptors (Lipinski definition) is 1. The number of halogens is 3. The highest BCUT2D eigenvalue weighted by atomic mass is 19.4. The third-order valence-corrected chi connectivity index (χ3v) is 4.01. The van der Waals surface area contributed by atoms with Gasteiger partial charge in [-0.3, -0.25) is 0 Å². The smallest absolute Gasteiger partial charge is 0.388 e. The van der Waals surface area contributed by atoms with Crippen molar-refractivity contribution in [3.8, 4) is 0 Å². The van der Waals surface area contributed by atoms with Crippen LogP contribution in [0, 0.1) is 18.3 Å². The molecule has 0 amide bonds. The van der Waals surface area contributed by atoms with E-state index in [1.807, 2.05) is 6.92 Å². The minimum absolute atomic E-state index is 0.0563. The second kappa shape index (κ2) is 5.76. The van der Waals surface area contributed by atoms with Crippen molar-refractivity contribution in [1.82, 2.24) is 0 Å². The van der Waals surface area contributed by atoms with E-state index in [1.165, 1.54) is 6.07 Å². The molecule has 0 radical (unpaired) electrons. The van der Waals surface area contributed by atoms with Crippen LogP contribution in [0.4, 0.5) is 13.2 Å². The maximum atomic E-state index is 12.6. The number of rotatable bonds is 3. The molecule has 0 aromatic heterocycles. The zero-order chi connectivity index (χ0) is 15.7. The van der Waals surface area contributed by atoms with Gasteiger partial charge in [0.1, 0.15) is 0 Å². The van der Waals surface area contributed by atoms with Gasteiger partial charge in [0.15, 0.2) is 0 Å². The molecule has 0 aliphatic heterocycles. The van der Waals surface area contributed by atoms with Crippen molar-refractivity contribution < 1.29 is 18.3 Å². The number of benzene rings is 1. The summed E-state index contributed by atoms with van der Waals surface area (Å²) < 4.78 is 37.8. The number of aryl methyl sites for hydroxylation is 1. The lowest BCUT2D eigenvalue weighted by Crippen LogP contribution is -2.20. The van der Waals surface area contributed by atoms with Crippen LogP contribution < -0.4 is 0 Å². The standard InChI is InChI=1S/C16H23F3O/c1-10-8-12(16(17,18)19)6-7-13(10)14(20)9-11(2)15(3,4)5/h6-8,11,14,20H,9H2,1-5H3. The summed E-state index contributed by atoms with van der Waals surface area (Å²) in [6.45, 7) is 9.91. The van der Waals surface area contributed by atoms with E-state index in [0.717, 1.165) is 12.1 Å². The monoisotopic (exact) mass is 288 g/mol. The Morgan fingerprint density at radius 3 is 2.10 bits per heavy atom. The van der Waals surface area contributed by atoms with Gasteiger partial charge in [0.2, 0.25) is 0 Å². The van der Waals surface area contributed by atoms with E-state index in [-0.39, 0.29) is 11.3 Å². The molecule has 2 atom stereocenters. The number of aliphatic hydroxyl groups is 1. The first kappa shape index (κ1) is 17.0. The highest BCUT2D eigenvalue weighted by Crippen LogP contribution is 2.36. The summed E-state index contributed by atoms with van der Waals surface area (Å²) in [6.07, 6.45) is -4.53. The lowest BCUT2D eigenvalue weighted by molar-refractivity contribution is -0.137. The van der Waals surface area contributed by atoms with Crippen molar-refractivity contribution in [2.75, 3.05) is 0 Å². The Hall–Kier alpha value is -1.03. The van der Waals surface area contributed by atoms with Crippen LogP contribution in [0.15, 0.2) is 18.2 Å². The molecular weight excluding hydrogens is 265 g/mol. The number of aliphatic hydroxyl groups excluding tert-OH is 1. The second-order valence-electron chi connectivity index (χ2n) is 6.59. The Balaban J connectivity index is 2.93. The Kier molecular flexibility index (Phi) is 4.90. The van der Waals surface area contributed by atoms with E-state index < -0.39 is 17.8 Å². The normalized spacial score (nSPS) is 16.1. The molecule has 0 heterocycles. The zero-order valence-corrected chi connectivity index (χ0v) is 12.7. The zero-order valence-electron chi connectivity index (χ0n) is 12.7. The van der Waals surface area contributed by atoms with Gasteiger partial charge in [0, 0.05) is 0 Å². The first-order chi connectivity index (χ1) is 8.93. The Labute approximate surface area is 118 Å². The maximum absolute atomic E-state index is 12.6. The third kappa shape index (κ3) is 4.23. The summed E-state index contributed by atoms with van der Waals surface area (Å²) in [4.78, 5) is 0. The van der Waals surface area contributed by atoms with Crippen LogP contribution in [-0.2, 0) is 6.18 Å². The van der Waals surface area contributed by atoms with Gasteiger partial charge in [0.05, 0.1) is 11.7 Å². The highest BCUT2D eigenvalue weighted by molar-refractivity contribution is 5.34. The van der Waals surface area contributed by atoms with Gasteiger partial charge < -0.3 is 5.11 Å². The molecule has 1 rings (SSSR count). The second-order valence-corrected chi connectivity index (χ2v) is 6.59. The number of alkyl halides is 3. The van der Waals surface area contributed by atoms with Crippen LogP contribution in [0.1, 0.15) is 56.9 Å². The summed E-state index contributed by atoms with van der Waals surface area (Å²) in [5, 5.41) is 10.2. The van der Waals surface area contributed by atoms with Gasteiger partial charge in [-0.1, -0.05) is 33.8 Å². The van der Waals surface area contributed by atoms with E-state index >= 15 is 0 Å². The summed E-state index contributed by atoms with van der Waals surface area (Å²) >= 11 is 0. The van der Waals surface area contributed by atoms with Crippen molar-refractivity contribution in [3.63, 3.8) is 0 Å². The van der Waals surface area contributed by atoms with Crippen molar-refractivity contribution in [2.24, 2.45) is 11.3 Å². The molecular formula is C16H23F3O. The maximum Gasteiger partial charge on any atom is 0.416 e. The topological polar surface area (TPSA) is 20.2 Å². The van der Waals surface area contributed by atoms with E-state index in [0.29, 0.717) is 17.5 Å². The van der Waals surface area contributed by atoms with E-state index in [9.17, 15) is 18.3 Å². The predicted molar refractivity (Wildman–Crippen MR) is 74.4 cm³/mol. The summed E-state index contributed by atoms with van der Waals surface area (Å²) in [5.74, 6) is 0.263. The molecule has 114 valence electrons. The van der Waals surface area contributed by atoms with E-state index in [2.05, 4.69) is 20.8 Å². The molecule has 1 aromatic carbocycles. The fourth-order valence-electron chi connectivity index (χ4n) is 2.04. The first-order valence-corrected chi connectivity index (χ1v) is 6.78. The van der Waals surface area contributed by atoms with Gasteiger partial charge in [-0.15, -0.1) is 0 Å². The molecule has 0 saturated heterocycles. The van der Waals surface area contributed by atoms with Crippen LogP contribution in [-0.4, -0.2) is 5.11 Å². The van der Waals surface area contributed by atoms with Crippen molar-refractivity contribution in [1.29, 1.82) is 0 Å². The molecule has 4 heteroatoms. The molecule has 20 heavy (non-hydrogen) atoms. The predicted octanol–water partition coefficient (Wildman–Crippen LogP) is 5.12. The van der Waals surface area contributed by atoms with Crippen molar-refractivity contribution in [2.45, 2.75) is 53.3 Å². The summed E-state index contributed by atoms with van der Waals surface area (Å²) in [5.41, 5.74) is 0.443. The van der Waals surface area contributed by atoms with E-state index in [1.54, 1.807) is 6.92 Å². The lowest BCUT2D eigenvalue weighted by atomic mass is 9.78. The summed E-state index contributed by atoms with van der Waals surface area (Å²) in [6, 6.07) is 3.52. The van der Waals surface area contributed by atoms with Crippen LogP contribution >= 0.6 is 0 Å². The van der Waals surface area contributed by atoms with Gasteiger partial charge >= 0.3 is 6.18 Å². The SMILES string of the molecule is Cc1cc(C(F)(F)F)ccc1C(O)CC(C)C(C)(C)C. The van der Waals surface area contributed by atoms with Crippen LogP contribution in [0.2, 0.25) is 0 Å². The van der Waals surface area contributed by atoms with Gasteiger partial charge in [-0.05, 0) is 47.9 Å². The van der Waals surface area contributed by atoms with Crippen LogP contribution in [0.25, 0.3) is 0 Å². The summed E-state index contributed by atoms with van der Waals surface area (Å²) in [7, 11) is 0. The van der Waals surface area contributed by atoms with Gasteiger partial charge in [0.25, 0.3) is 0 Å². The minimum Gasteiger partial charge on any atom is -0.388 e. The van der Waals surface area contributed by atoms with Crippen molar-refractivity contribution in [3.05, 3.63) is 34.9 Å². The van der Waals surface area contributed by atoms with Crippen molar-refractivity contribution >= 4 is 0 Å². The Morgan fingerprint density at radius 2 is 1.70 bits per heavy atom. The molecule has 0 spiro atoms. The highest BCUT2D eigenvalue weighted by Gasteiger charge is 2.31. The average molecular weight is 288 g/mol. The average Bonchev–Trinajstić information content (AvgIpc) is 2.25. The lowest BCUT2D eigenvalue weighted by Gasteiger charge is -2.29. The molecule has 1 N–H and O–H groups in total. The fraction of sp³-hybridized carbons (Fsp3) is 0.625. The molecule has 0 aliphatic carbocycles.